The average Bonchev–Trinajstić information content (AvgIpc) is 1.56. The number of Topliss-reactive ketones (excluding diaryl/α,β-unsaturated/α-hetero) is 1. The van der Waals surface area contributed by atoms with Gasteiger partial charge in [-0.1, -0.05) is 74.4 Å². The first-order valence-electron chi connectivity index (χ1n) is 32.0. The number of methoxy groups -OCH3 is 1. The summed E-state index contributed by atoms with van der Waals surface area (Å²) in [6.07, 6.45) is 2.64. The van der Waals surface area contributed by atoms with E-state index in [2.05, 4.69) is 26.3 Å². The molecule has 0 radical (unpaired) electrons. The number of amides is 7. The molecule has 7 rings (SSSR count). The van der Waals surface area contributed by atoms with Crippen molar-refractivity contribution in [1.82, 2.24) is 36.2 Å². The quantitative estimate of drug-likeness (QED) is 0.0212. The van der Waals surface area contributed by atoms with Crippen molar-refractivity contribution in [1.29, 1.82) is 0 Å². The number of allylic oxidation sites excluding steroid dienone is 3. The van der Waals surface area contributed by atoms with Crippen LogP contribution in [0.5, 0.6) is 0 Å². The lowest BCUT2D eigenvalue weighted by Gasteiger charge is -2.41. The number of epoxide rings is 1. The van der Waals surface area contributed by atoms with E-state index in [0.717, 1.165) is 16.7 Å². The molecule has 4 aliphatic rings. The number of aryl methyl sites for hydroxylation is 1. The topological polar surface area (TPSA) is 356 Å². The summed E-state index contributed by atoms with van der Waals surface area (Å²) < 4.78 is 35.3. The zero-order valence-electron chi connectivity index (χ0n) is 55.8. The van der Waals surface area contributed by atoms with Crippen LogP contribution in [0, 0.1) is 18.8 Å². The third-order valence-electron chi connectivity index (χ3n) is 17.6. The van der Waals surface area contributed by atoms with Crippen LogP contribution < -0.4 is 31.9 Å². The molecule has 96 heavy (non-hydrogen) atoms. The number of anilines is 1. The lowest BCUT2D eigenvalue weighted by atomic mass is 9.78. The Labute approximate surface area is 568 Å². The number of carbonyl (C=O) groups excluding carboxylic acids is 10. The number of primary amides is 1. The first-order chi connectivity index (χ1) is 45.5. The number of pyridine rings is 1. The summed E-state index contributed by atoms with van der Waals surface area (Å²) in [7, 11) is 4.44. The second-order valence-corrected chi connectivity index (χ2v) is 26.0. The summed E-state index contributed by atoms with van der Waals surface area (Å²) in [6.45, 7) is 13.1. The predicted molar refractivity (Wildman–Crippen MR) is 355 cm³/mol. The Balaban J connectivity index is 1.02. The number of imide groups is 1. The number of hydroxylamine groups is 2. The predicted octanol–water partition coefficient (Wildman–Crippen LogP) is 4.49. The highest BCUT2D eigenvalue weighted by atomic mass is 35.5. The second-order valence-electron chi connectivity index (χ2n) is 25.2. The smallest absolute Gasteiger partial charge is 0.335 e. The second kappa shape index (κ2) is 33.8. The van der Waals surface area contributed by atoms with E-state index in [1.165, 1.54) is 43.1 Å². The van der Waals surface area contributed by atoms with Gasteiger partial charge in [-0.05, 0) is 100.0 Å². The summed E-state index contributed by atoms with van der Waals surface area (Å²) in [5.74, 6) is -6.46. The van der Waals surface area contributed by atoms with Crippen molar-refractivity contribution in [2.75, 3.05) is 65.6 Å². The summed E-state index contributed by atoms with van der Waals surface area (Å²) >= 11 is 12.4. The van der Waals surface area contributed by atoms with Crippen LogP contribution in [0.15, 0.2) is 66.4 Å². The fourth-order valence-corrected chi connectivity index (χ4v) is 12.3. The van der Waals surface area contributed by atoms with E-state index in [1.54, 1.807) is 65.1 Å². The number of likely N-dealkylation sites (N-methyl/N-ethyl adjacent to an activating group) is 1. The molecule has 2 aromatic carbocycles. The van der Waals surface area contributed by atoms with E-state index in [-0.39, 0.29) is 113 Å². The van der Waals surface area contributed by atoms with Gasteiger partial charge in [0, 0.05) is 77.5 Å². The number of nitrogens with one attached hydrogen (secondary N) is 4. The molecule has 4 aliphatic heterocycles. The monoisotopic (exact) mass is 1370 g/mol. The zero-order chi connectivity index (χ0) is 70.3. The fourth-order valence-electron chi connectivity index (χ4n) is 11.9. The van der Waals surface area contributed by atoms with Gasteiger partial charge in [-0.15, -0.1) is 5.06 Å². The van der Waals surface area contributed by atoms with Gasteiger partial charge < -0.3 is 75.2 Å². The first kappa shape index (κ1) is 75.4. The highest BCUT2D eigenvalue weighted by Crippen LogP contribution is 2.50. The SMILES string of the molecule is CO[C@@H]1/C=C/C=C(\C)Cc2cc(C)c(Cl)c(c2)N(C)C(=O)C[C@H](OC(=O)[C@H](C)N(C)C(=O)c2ccc(CC(=O)[C@H](CCCNC(N)=O)NC(=O)[C@@H](NC(=S)NCCOCCOCCC(=O)ON3C(=O)CCC3=O)C(C)C)c3cccnc23)[C@]2(C)O[C@H]2[C@H](C)[C@@H]2C[C@@]1(O)CC(=O)O2. The number of carbonyl (C=O) groups is 10. The molecule has 522 valence electrons. The van der Waals surface area contributed by atoms with Gasteiger partial charge in [0.25, 0.3) is 17.7 Å². The maximum atomic E-state index is 14.7. The molecule has 4 bridgehead atoms. The van der Waals surface area contributed by atoms with Crippen LogP contribution in [0.2, 0.25) is 5.02 Å². The van der Waals surface area contributed by atoms with Gasteiger partial charge in [-0.25, -0.2) is 14.4 Å². The maximum absolute atomic E-state index is 14.7. The van der Waals surface area contributed by atoms with Gasteiger partial charge in [-0.3, -0.25) is 38.5 Å². The molecule has 7 amide bonds. The van der Waals surface area contributed by atoms with Crippen LogP contribution >= 0.6 is 23.8 Å². The number of hydrogen-bond acceptors (Lipinski definition) is 20. The van der Waals surface area contributed by atoms with Crippen molar-refractivity contribution in [2.45, 2.75) is 166 Å². The number of nitrogens with two attached hydrogens (primary N) is 1. The van der Waals surface area contributed by atoms with Crippen LogP contribution in [-0.2, 0) is 84.5 Å². The average molecular weight is 1380 g/mol. The minimum absolute atomic E-state index is 0.0117. The number of ether oxygens (including phenoxy) is 6. The summed E-state index contributed by atoms with van der Waals surface area (Å²) in [4.78, 5) is 145. The number of ketones is 1. The van der Waals surface area contributed by atoms with E-state index in [9.17, 15) is 53.1 Å². The number of nitrogens with zero attached hydrogens (tertiary/aromatic N) is 4. The minimum Gasteiger partial charge on any atom is -0.462 e. The molecular formula is C67H88ClN9O18S. The van der Waals surface area contributed by atoms with Crippen molar-refractivity contribution in [3.05, 3.63) is 93.7 Å². The van der Waals surface area contributed by atoms with E-state index in [1.807, 2.05) is 32.1 Å². The number of aliphatic hydroxyl groups is 1. The number of aromatic nitrogens is 1. The summed E-state index contributed by atoms with van der Waals surface area (Å²) in [5.41, 5.74) is 6.01. The molecule has 7 N–H and O–H groups in total. The molecule has 27 nitrogen and oxygen atoms in total. The third kappa shape index (κ3) is 19.4. The van der Waals surface area contributed by atoms with Crippen LogP contribution in [0.25, 0.3) is 10.9 Å². The molecule has 29 heteroatoms. The molecular weight excluding hydrogens is 1290 g/mol. The van der Waals surface area contributed by atoms with Gasteiger partial charge >= 0.3 is 23.9 Å². The highest BCUT2D eigenvalue weighted by molar-refractivity contribution is 7.80. The van der Waals surface area contributed by atoms with Crippen LogP contribution in [0.4, 0.5) is 10.5 Å². The summed E-state index contributed by atoms with van der Waals surface area (Å²) in [5, 5.41) is 24.9. The van der Waals surface area contributed by atoms with Gasteiger partial charge in [-0.2, -0.15) is 0 Å². The van der Waals surface area contributed by atoms with Crippen molar-refractivity contribution >= 4 is 105 Å². The van der Waals surface area contributed by atoms with Gasteiger partial charge in [0.1, 0.15) is 41.6 Å². The Morgan fingerprint density at radius 3 is 2.35 bits per heavy atom. The van der Waals surface area contributed by atoms with Crippen LogP contribution in [0.3, 0.4) is 0 Å². The number of benzene rings is 2. The largest absolute Gasteiger partial charge is 0.462 e. The zero-order valence-corrected chi connectivity index (χ0v) is 57.4. The van der Waals surface area contributed by atoms with E-state index >= 15 is 0 Å². The van der Waals surface area contributed by atoms with Crippen LogP contribution in [0.1, 0.15) is 120 Å². The Kier molecular flexibility index (Phi) is 26.5. The molecule has 3 saturated heterocycles. The number of esters is 2. The van der Waals surface area contributed by atoms with E-state index in [0.29, 0.717) is 33.1 Å². The maximum Gasteiger partial charge on any atom is 0.335 e. The molecule has 0 saturated carbocycles. The number of fused-ring (bicyclic) bond motifs is 6. The summed E-state index contributed by atoms with van der Waals surface area (Å²) in [6, 6.07) is 6.13. The minimum atomic E-state index is -1.66. The molecule has 10 atom stereocenters. The molecule has 0 unspecified atom stereocenters. The Hall–Kier alpha value is -7.99. The third-order valence-corrected chi connectivity index (χ3v) is 18.4. The molecule has 0 aliphatic carbocycles. The first-order valence-corrected chi connectivity index (χ1v) is 32.7. The highest BCUT2D eigenvalue weighted by Gasteiger charge is 2.64. The number of halogens is 1. The molecule has 3 fully saturated rings. The molecule has 1 aromatic heterocycles. The Bertz CT molecular complexity index is 3480. The number of hydrogen-bond donors (Lipinski definition) is 6. The van der Waals surface area contributed by atoms with Gasteiger partial charge in [0.2, 0.25) is 11.8 Å². The standard InChI is InChI=1S/C67H88ClN9O18S/c1-37(2)58(74-65(96)72-25-27-91-29-28-90-26-22-55(82)95-77-52(79)20-21-53(77)80)61(84)73-46(16-13-24-71-64(69)87)48(78)33-43-18-19-45(59-44(43)15-12-23-70-59)62(85)75(8)41(6)63(86)93-51-34-54(81)76(9)47-32-42(31-39(4)57(47)68)30-38(3)14-11-17-50(89-10)67(88)35-49(92-56(83)36-67)40(5)60-66(51,7)94-60/h11-12,14-15,17-19,23,31-32,37,40-41,46,49-51,58,60,88H,13,16,20-22,24-30,33-36H2,1-10H3,(H,73,84)(H3,69,71,87)(H2,72,74,96)/b17-11+,38-14+/t40-,41+,46+,49+,50-,51+,58+,60+,66+,67-/m1/s1. The molecule has 0 spiro atoms. The van der Waals surface area contributed by atoms with E-state index in [4.69, 9.17) is 62.8 Å². The van der Waals surface area contributed by atoms with Crippen molar-refractivity contribution < 1.29 is 86.3 Å². The fraction of sp³-hybridized carbons (Fsp3) is 0.552. The van der Waals surface area contributed by atoms with Crippen LogP contribution in [-0.4, -0.2) is 199 Å². The normalized spacial score (nSPS) is 23.9. The Morgan fingerprint density at radius 2 is 1.67 bits per heavy atom. The number of thiocarbonyl (C=S) groups is 1. The molecule has 3 aromatic rings. The number of urea groups is 1. The van der Waals surface area contributed by atoms with Crippen molar-refractivity contribution in [3.8, 4) is 0 Å². The Morgan fingerprint density at radius 1 is 0.958 bits per heavy atom. The van der Waals surface area contributed by atoms with Gasteiger partial charge in [0.15, 0.2) is 10.9 Å². The lowest BCUT2D eigenvalue weighted by molar-refractivity contribution is -0.198. The molecule has 5 heterocycles. The van der Waals surface area contributed by atoms with E-state index < -0.39 is 125 Å². The number of rotatable bonds is 26. The lowest BCUT2D eigenvalue weighted by Crippen LogP contribution is -2.55. The van der Waals surface area contributed by atoms with Crippen molar-refractivity contribution in [3.63, 3.8) is 0 Å². The van der Waals surface area contributed by atoms with Crippen molar-refractivity contribution in [2.24, 2.45) is 17.6 Å². The van der Waals surface area contributed by atoms with Gasteiger partial charge in [0.05, 0.1) is 79.6 Å².